The van der Waals surface area contributed by atoms with Gasteiger partial charge in [0, 0.05) is 12.1 Å². The SMILES string of the molecule is COc1ccccc1OC(C)c1nnc(SC(C)C(=O)NC2CCCC2)n1C(C)C. The smallest absolute Gasteiger partial charge is 0.233 e. The maximum atomic E-state index is 12.6. The van der Waals surface area contributed by atoms with Gasteiger partial charge >= 0.3 is 0 Å². The van der Waals surface area contributed by atoms with Crippen molar-refractivity contribution in [3.8, 4) is 11.5 Å². The second-order valence-corrected chi connectivity index (χ2v) is 9.27. The van der Waals surface area contributed by atoms with Gasteiger partial charge in [-0.25, -0.2) is 0 Å². The van der Waals surface area contributed by atoms with Gasteiger partial charge in [0.2, 0.25) is 5.91 Å². The summed E-state index contributed by atoms with van der Waals surface area (Å²) in [5, 5.41) is 12.4. The largest absolute Gasteiger partial charge is 0.493 e. The van der Waals surface area contributed by atoms with Gasteiger partial charge in [0.25, 0.3) is 0 Å². The Morgan fingerprint density at radius 1 is 1.13 bits per heavy atom. The molecule has 0 bridgehead atoms. The van der Waals surface area contributed by atoms with E-state index >= 15 is 0 Å². The zero-order valence-electron chi connectivity index (χ0n) is 18.4. The first-order valence-electron chi connectivity index (χ1n) is 10.6. The van der Waals surface area contributed by atoms with Crippen molar-refractivity contribution in [2.45, 2.75) is 82.0 Å². The molecule has 2 aromatic rings. The van der Waals surface area contributed by atoms with E-state index in [2.05, 4.69) is 29.4 Å². The van der Waals surface area contributed by atoms with Crippen molar-refractivity contribution < 1.29 is 14.3 Å². The second kappa shape index (κ2) is 10.2. The van der Waals surface area contributed by atoms with Crippen LogP contribution in [0.2, 0.25) is 0 Å². The van der Waals surface area contributed by atoms with E-state index in [0.717, 1.165) is 23.8 Å². The molecular weight excluding hydrogens is 400 g/mol. The van der Waals surface area contributed by atoms with Crippen molar-refractivity contribution >= 4 is 17.7 Å². The van der Waals surface area contributed by atoms with Crippen LogP contribution in [0.4, 0.5) is 0 Å². The molecule has 1 aliphatic rings. The summed E-state index contributed by atoms with van der Waals surface area (Å²) < 4.78 is 13.6. The highest BCUT2D eigenvalue weighted by molar-refractivity contribution is 8.00. The summed E-state index contributed by atoms with van der Waals surface area (Å²) in [4.78, 5) is 12.6. The number of hydrogen-bond acceptors (Lipinski definition) is 6. The van der Waals surface area contributed by atoms with Crippen LogP contribution in [0.25, 0.3) is 0 Å². The van der Waals surface area contributed by atoms with E-state index in [0.29, 0.717) is 17.5 Å². The molecule has 0 spiro atoms. The van der Waals surface area contributed by atoms with Crippen molar-refractivity contribution in [1.29, 1.82) is 0 Å². The summed E-state index contributed by atoms with van der Waals surface area (Å²) in [5.74, 6) is 2.11. The number of carbonyl (C=O) groups excluding carboxylic acids is 1. The number of methoxy groups -OCH3 is 1. The minimum absolute atomic E-state index is 0.0603. The molecule has 1 saturated carbocycles. The fourth-order valence-corrected chi connectivity index (χ4v) is 4.69. The molecule has 30 heavy (non-hydrogen) atoms. The van der Waals surface area contributed by atoms with Gasteiger partial charge in [-0.3, -0.25) is 4.79 Å². The van der Waals surface area contributed by atoms with Crippen LogP contribution >= 0.6 is 11.8 Å². The zero-order chi connectivity index (χ0) is 21.7. The summed E-state index contributed by atoms with van der Waals surface area (Å²) >= 11 is 1.44. The zero-order valence-corrected chi connectivity index (χ0v) is 19.2. The summed E-state index contributed by atoms with van der Waals surface area (Å²) in [5.41, 5.74) is 0. The van der Waals surface area contributed by atoms with E-state index in [4.69, 9.17) is 9.47 Å². The maximum absolute atomic E-state index is 12.6. The number of aromatic nitrogens is 3. The Kier molecular flexibility index (Phi) is 7.64. The van der Waals surface area contributed by atoms with Crippen LogP contribution < -0.4 is 14.8 Å². The van der Waals surface area contributed by atoms with Crippen LogP contribution in [0.15, 0.2) is 29.4 Å². The summed E-state index contributed by atoms with van der Waals surface area (Å²) in [6.45, 7) is 8.02. The molecule has 0 radical (unpaired) electrons. The van der Waals surface area contributed by atoms with E-state index in [1.807, 2.05) is 42.7 Å². The number of ether oxygens (including phenoxy) is 2. The maximum Gasteiger partial charge on any atom is 0.233 e. The number of amides is 1. The number of carbonyl (C=O) groups is 1. The molecular formula is C22H32N4O3S. The predicted octanol–water partition coefficient (Wildman–Crippen LogP) is 4.55. The molecule has 1 fully saturated rings. The fourth-order valence-electron chi connectivity index (χ4n) is 3.69. The van der Waals surface area contributed by atoms with Crippen LogP contribution in [0.3, 0.4) is 0 Å². The molecule has 8 heteroatoms. The Labute approximate surface area is 182 Å². The lowest BCUT2D eigenvalue weighted by Crippen LogP contribution is -2.37. The molecule has 1 aromatic heterocycles. The van der Waals surface area contributed by atoms with Gasteiger partial charge < -0.3 is 19.4 Å². The topological polar surface area (TPSA) is 78.3 Å². The molecule has 1 heterocycles. The van der Waals surface area contributed by atoms with Crippen molar-refractivity contribution in [2.24, 2.45) is 0 Å². The van der Waals surface area contributed by atoms with Gasteiger partial charge in [-0.1, -0.05) is 36.7 Å². The molecule has 164 valence electrons. The van der Waals surface area contributed by atoms with E-state index in [1.165, 1.54) is 24.6 Å². The van der Waals surface area contributed by atoms with Crippen LogP contribution in [-0.4, -0.2) is 39.1 Å². The monoisotopic (exact) mass is 432 g/mol. The Bertz CT molecular complexity index is 849. The van der Waals surface area contributed by atoms with Crippen LogP contribution in [-0.2, 0) is 4.79 Å². The fraction of sp³-hybridized carbons (Fsp3) is 0.591. The van der Waals surface area contributed by atoms with Crippen LogP contribution in [0, 0.1) is 0 Å². The number of para-hydroxylation sites is 2. The third kappa shape index (κ3) is 5.28. The average Bonchev–Trinajstić information content (AvgIpc) is 3.38. The van der Waals surface area contributed by atoms with E-state index < -0.39 is 0 Å². The number of rotatable bonds is 9. The van der Waals surface area contributed by atoms with Crippen molar-refractivity contribution in [3.05, 3.63) is 30.1 Å². The van der Waals surface area contributed by atoms with Gasteiger partial charge in [-0.2, -0.15) is 0 Å². The Hall–Kier alpha value is -2.22. The van der Waals surface area contributed by atoms with E-state index in [1.54, 1.807) is 7.11 Å². The minimum atomic E-state index is -0.326. The van der Waals surface area contributed by atoms with Crippen LogP contribution in [0.1, 0.15) is 71.3 Å². The van der Waals surface area contributed by atoms with Crippen LogP contribution in [0.5, 0.6) is 11.5 Å². The van der Waals surface area contributed by atoms with Crippen molar-refractivity contribution in [1.82, 2.24) is 20.1 Å². The van der Waals surface area contributed by atoms with Crippen molar-refractivity contribution in [2.75, 3.05) is 7.11 Å². The third-order valence-corrected chi connectivity index (χ3v) is 6.35. The number of thioether (sulfide) groups is 1. The first-order valence-corrected chi connectivity index (χ1v) is 11.5. The van der Waals surface area contributed by atoms with Gasteiger partial charge in [0.05, 0.1) is 12.4 Å². The minimum Gasteiger partial charge on any atom is -0.493 e. The molecule has 1 amide bonds. The highest BCUT2D eigenvalue weighted by atomic mass is 32.2. The lowest BCUT2D eigenvalue weighted by atomic mass is 10.2. The molecule has 2 unspecified atom stereocenters. The summed E-state index contributed by atoms with van der Waals surface area (Å²) in [6, 6.07) is 7.99. The third-order valence-electron chi connectivity index (χ3n) is 5.30. The molecule has 0 aliphatic heterocycles. The van der Waals surface area contributed by atoms with Crippen molar-refractivity contribution in [3.63, 3.8) is 0 Å². The molecule has 1 aromatic carbocycles. The molecule has 1 N–H and O–H groups in total. The highest BCUT2D eigenvalue weighted by Gasteiger charge is 2.26. The van der Waals surface area contributed by atoms with Gasteiger partial charge in [-0.15, -0.1) is 10.2 Å². The molecule has 0 saturated heterocycles. The lowest BCUT2D eigenvalue weighted by molar-refractivity contribution is -0.120. The first-order chi connectivity index (χ1) is 14.4. The number of nitrogens with one attached hydrogen (secondary N) is 1. The summed E-state index contributed by atoms with van der Waals surface area (Å²) in [7, 11) is 1.62. The molecule has 2 atom stereocenters. The van der Waals surface area contributed by atoms with Gasteiger partial charge in [0.15, 0.2) is 28.6 Å². The second-order valence-electron chi connectivity index (χ2n) is 7.97. The molecule has 3 rings (SSSR count). The Morgan fingerprint density at radius 2 is 1.80 bits per heavy atom. The van der Waals surface area contributed by atoms with E-state index in [-0.39, 0.29) is 23.3 Å². The number of benzene rings is 1. The first kappa shape index (κ1) is 22.5. The summed E-state index contributed by atoms with van der Waals surface area (Å²) in [6.07, 6.45) is 4.22. The Morgan fingerprint density at radius 3 is 2.43 bits per heavy atom. The van der Waals surface area contributed by atoms with E-state index in [9.17, 15) is 4.79 Å². The molecule has 7 nitrogen and oxygen atoms in total. The predicted molar refractivity (Wildman–Crippen MR) is 118 cm³/mol. The standard InChI is InChI=1S/C22H32N4O3S/c1-14(2)26-20(15(3)29-19-13-9-8-12-18(19)28-5)24-25-22(26)30-16(4)21(27)23-17-10-6-7-11-17/h8-9,12-17H,6-7,10-11H2,1-5H3,(H,23,27). The number of nitrogens with zero attached hydrogens (tertiary/aromatic N) is 3. The normalized spacial score (nSPS) is 16.5. The number of hydrogen-bond donors (Lipinski definition) is 1. The van der Waals surface area contributed by atoms with Gasteiger partial charge in [-0.05, 0) is 52.7 Å². The van der Waals surface area contributed by atoms with Gasteiger partial charge in [0.1, 0.15) is 0 Å². The molecule has 1 aliphatic carbocycles. The quantitative estimate of drug-likeness (QED) is 0.586. The average molecular weight is 433 g/mol. The Balaban J connectivity index is 1.73. The lowest BCUT2D eigenvalue weighted by Gasteiger charge is -2.21. The highest BCUT2D eigenvalue weighted by Crippen LogP contribution is 2.33.